The number of aromatic amines is 1. The van der Waals surface area contributed by atoms with Crippen LogP contribution in [0.1, 0.15) is 6.92 Å². The number of H-pyrrole nitrogens is 1. The predicted molar refractivity (Wildman–Crippen MR) is 87.6 cm³/mol. The largest absolute Gasteiger partial charge is 0.494 e. The van der Waals surface area contributed by atoms with Gasteiger partial charge in [-0.3, -0.25) is 4.57 Å². The molecule has 0 saturated heterocycles. The first-order valence-electron chi connectivity index (χ1n) is 6.88. The van der Waals surface area contributed by atoms with E-state index in [4.69, 9.17) is 17.0 Å². The minimum Gasteiger partial charge on any atom is -0.494 e. The van der Waals surface area contributed by atoms with Crippen LogP contribution in [-0.2, 0) is 0 Å². The van der Waals surface area contributed by atoms with Gasteiger partial charge in [-0.1, -0.05) is 36.4 Å². The Morgan fingerprint density at radius 3 is 2.67 bits per heavy atom. The summed E-state index contributed by atoms with van der Waals surface area (Å²) in [4.78, 5) is 3.12. The van der Waals surface area contributed by atoms with Crippen LogP contribution in [0.3, 0.4) is 0 Å². The van der Waals surface area contributed by atoms with E-state index in [-0.39, 0.29) is 0 Å². The van der Waals surface area contributed by atoms with Crippen molar-refractivity contribution in [1.29, 1.82) is 0 Å². The third-order valence-electron chi connectivity index (χ3n) is 3.23. The maximum Gasteiger partial charge on any atom is 0.182 e. The number of benzene rings is 2. The molecule has 0 unspecified atom stereocenters. The molecule has 0 aliphatic carbocycles. The summed E-state index contributed by atoms with van der Waals surface area (Å²) < 4.78 is 8.26. The molecule has 0 bridgehead atoms. The first-order chi connectivity index (χ1) is 10.3. The first-order valence-corrected chi connectivity index (χ1v) is 7.29. The van der Waals surface area contributed by atoms with Crippen molar-refractivity contribution in [3.63, 3.8) is 0 Å². The monoisotopic (exact) mass is 296 g/mol. The van der Waals surface area contributed by atoms with Crippen LogP contribution in [0.5, 0.6) is 5.75 Å². The smallest absolute Gasteiger partial charge is 0.182 e. The highest BCUT2D eigenvalue weighted by Gasteiger charge is 2.09. The molecule has 0 atom stereocenters. The molecule has 0 fully saturated rings. The van der Waals surface area contributed by atoms with Crippen molar-refractivity contribution < 1.29 is 4.74 Å². The zero-order chi connectivity index (χ0) is 14.7. The first kappa shape index (κ1) is 13.6. The topological polar surface area (TPSA) is 29.9 Å². The molecule has 1 heterocycles. The Bertz CT molecular complexity index is 790. The summed E-state index contributed by atoms with van der Waals surface area (Å²) in [6.07, 6.45) is 1.94. The van der Waals surface area contributed by atoms with Crippen LogP contribution in [0.4, 0.5) is 0 Å². The predicted octanol–water partition coefficient (Wildman–Crippen LogP) is 4.60. The molecule has 106 valence electrons. The van der Waals surface area contributed by atoms with Gasteiger partial charge < -0.3 is 9.72 Å². The Morgan fingerprint density at radius 2 is 1.90 bits per heavy atom. The van der Waals surface area contributed by atoms with E-state index in [0.717, 1.165) is 22.7 Å². The van der Waals surface area contributed by atoms with Gasteiger partial charge in [0.25, 0.3) is 0 Å². The molecule has 2 aromatic carbocycles. The van der Waals surface area contributed by atoms with E-state index in [0.29, 0.717) is 11.4 Å². The molecule has 4 heteroatoms. The summed E-state index contributed by atoms with van der Waals surface area (Å²) in [5.74, 6) is 0.845. The molecule has 0 aliphatic heterocycles. The number of aromatic nitrogens is 2. The lowest BCUT2D eigenvalue weighted by Crippen LogP contribution is -1.98. The van der Waals surface area contributed by atoms with Gasteiger partial charge in [-0.15, -0.1) is 0 Å². The Hall–Kier alpha value is -2.33. The number of rotatable bonds is 4. The van der Waals surface area contributed by atoms with Crippen LogP contribution in [-0.4, -0.2) is 16.2 Å². The van der Waals surface area contributed by atoms with E-state index in [1.807, 2.05) is 60.2 Å². The molecular weight excluding hydrogens is 280 g/mol. The second kappa shape index (κ2) is 5.97. The SMILES string of the molecule is CCOc1cccc(-n2c(-c3ccccc3)c[nH]c2=S)c1. The van der Waals surface area contributed by atoms with Crippen molar-refractivity contribution >= 4 is 12.2 Å². The van der Waals surface area contributed by atoms with E-state index in [2.05, 4.69) is 17.1 Å². The van der Waals surface area contributed by atoms with Crippen LogP contribution in [0.15, 0.2) is 60.8 Å². The van der Waals surface area contributed by atoms with Gasteiger partial charge in [-0.25, -0.2) is 0 Å². The number of hydrogen-bond donors (Lipinski definition) is 1. The average Bonchev–Trinajstić information content (AvgIpc) is 2.90. The molecule has 3 aromatic rings. The second-order valence-corrected chi connectivity index (χ2v) is 5.00. The Morgan fingerprint density at radius 1 is 1.10 bits per heavy atom. The Kier molecular flexibility index (Phi) is 3.88. The van der Waals surface area contributed by atoms with Crippen molar-refractivity contribution in [3.05, 3.63) is 65.6 Å². The van der Waals surface area contributed by atoms with Gasteiger partial charge >= 0.3 is 0 Å². The van der Waals surface area contributed by atoms with E-state index in [9.17, 15) is 0 Å². The summed E-state index contributed by atoms with van der Waals surface area (Å²) in [6, 6.07) is 18.1. The molecule has 0 amide bonds. The Labute approximate surface area is 128 Å². The minimum absolute atomic E-state index is 0.646. The van der Waals surface area contributed by atoms with E-state index in [1.54, 1.807) is 0 Å². The average molecular weight is 296 g/mol. The highest BCUT2D eigenvalue weighted by Crippen LogP contribution is 2.25. The van der Waals surface area contributed by atoms with Crippen molar-refractivity contribution in [3.8, 4) is 22.7 Å². The van der Waals surface area contributed by atoms with Gasteiger partial charge in [0.15, 0.2) is 4.77 Å². The lowest BCUT2D eigenvalue weighted by atomic mass is 10.1. The zero-order valence-electron chi connectivity index (χ0n) is 11.7. The second-order valence-electron chi connectivity index (χ2n) is 4.61. The van der Waals surface area contributed by atoms with Crippen LogP contribution < -0.4 is 4.74 Å². The van der Waals surface area contributed by atoms with Crippen molar-refractivity contribution in [1.82, 2.24) is 9.55 Å². The van der Waals surface area contributed by atoms with Crippen LogP contribution in [0, 0.1) is 4.77 Å². The molecule has 1 N–H and O–H groups in total. The van der Waals surface area contributed by atoms with Gasteiger partial charge in [-0.2, -0.15) is 0 Å². The normalized spacial score (nSPS) is 10.5. The minimum atomic E-state index is 0.646. The fourth-order valence-electron chi connectivity index (χ4n) is 2.33. The van der Waals surface area contributed by atoms with Gasteiger partial charge in [-0.05, 0) is 31.3 Å². The fourth-order valence-corrected chi connectivity index (χ4v) is 2.59. The molecule has 0 saturated carbocycles. The molecule has 0 spiro atoms. The molecule has 0 radical (unpaired) electrons. The van der Waals surface area contributed by atoms with Gasteiger partial charge in [0.05, 0.1) is 18.0 Å². The van der Waals surface area contributed by atoms with Gasteiger partial charge in [0.1, 0.15) is 5.75 Å². The number of nitrogens with one attached hydrogen (secondary N) is 1. The van der Waals surface area contributed by atoms with Crippen molar-refractivity contribution in [2.75, 3.05) is 6.61 Å². The maximum absolute atomic E-state index is 5.57. The van der Waals surface area contributed by atoms with E-state index >= 15 is 0 Å². The quantitative estimate of drug-likeness (QED) is 0.713. The van der Waals surface area contributed by atoms with Crippen LogP contribution >= 0.6 is 12.2 Å². The summed E-state index contributed by atoms with van der Waals surface area (Å²) in [5.41, 5.74) is 3.15. The number of ether oxygens (including phenoxy) is 1. The molecule has 0 aliphatic rings. The van der Waals surface area contributed by atoms with E-state index < -0.39 is 0 Å². The van der Waals surface area contributed by atoms with Crippen LogP contribution in [0.2, 0.25) is 0 Å². The van der Waals surface area contributed by atoms with Crippen LogP contribution in [0.25, 0.3) is 16.9 Å². The summed E-state index contributed by atoms with van der Waals surface area (Å²) in [7, 11) is 0. The molecule has 3 rings (SSSR count). The summed E-state index contributed by atoms with van der Waals surface area (Å²) in [5, 5.41) is 0. The molecule has 21 heavy (non-hydrogen) atoms. The zero-order valence-corrected chi connectivity index (χ0v) is 12.6. The van der Waals surface area contributed by atoms with Crippen molar-refractivity contribution in [2.24, 2.45) is 0 Å². The highest BCUT2D eigenvalue weighted by atomic mass is 32.1. The lowest BCUT2D eigenvalue weighted by Gasteiger charge is -2.10. The van der Waals surface area contributed by atoms with E-state index in [1.165, 1.54) is 0 Å². The fraction of sp³-hybridized carbons (Fsp3) is 0.118. The standard InChI is InChI=1S/C17H16N2OS/c1-2-20-15-10-6-9-14(11-15)19-16(12-18-17(19)21)13-7-4-3-5-8-13/h3-12H,2H2,1H3,(H,18,21). The van der Waals surface area contributed by atoms with Gasteiger partial charge in [0, 0.05) is 17.8 Å². The highest BCUT2D eigenvalue weighted by molar-refractivity contribution is 7.71. The number of imidazole rings is 1. The van der Waals surface area contributed by atoms with Gasteiger partial charge in [0.2, 0.25) is 0 Å². The maximum atomic E-state index is 5.57. The number of hydrogen-bond acceptors (Lipinski definition) is 2. The van der Waals surface area contributed by atoms with Crippen molar-refractivity contribution in [2.45, 2.75) is 6.92 Å². The summed E-state index contributed by atoms with van der Waals surface area (Å²) in [6.45, 7) is 2.62. The summed E-state index contributed by atoms with van der Waals surface area (Å²) >= 11 is 5.43. The number of nitrogens with zero attached hydrogens (tertiary/aromatic N) is 1. The third kappa shape index (κ3) is 2.76. The lowest BCUT2D eigenvalue weighted by molar-refractivity contribution is 0.340. The molecular formula is C17H16N2OS. The molecule has 1 aromatic heterocycles. The molecule has 3 nitrogen and oxygen atoms in total. The Balaban J connectivity index is 2.13. The third-order valence-corrected chi connectivity index (χ3v) is 3.53.